The molecule has 8 amide bonds. The van der Waals surface area contributed by atoms with Crippen LogP contribution >= 0.6 is 11.8 Å². The molecule has 10 atom stereocenters. The first-order valence-corrected chi connectivity index (χ1v) is 52.9. The van der Waals surface area contributed by atoms with Crippen LogP contribution in [-0.2, 0) is 83.3 Å². The third-order valence-corrected chi connectivity index (χ3v) is 28.3. The fraction of sp³-hybridized carbons (Fsp3) is 0.592. The lowest BCUT2D eigenvalue weighted by Crippen LogP contribution is -2.49. The summed E-state index contributed by atoms with van der Waals surface area (Å²) in [6.45, 7) is 15.3. The SMILES string of the molecule is CC[N+]1=C(/C=C/C=C/C=C2/N(CCCCCC(=O)NCCN3C(=O)CC(SC[C@@H](CC(=O)[C@@H](CCCNC(=N)N)NC(=O)[C@@H](CCCNC(=N)N)CC(=O)[C@@H](CCCNC(=N)N)NC(=O)[C@@H](CCCNC(=N)N)CC(=O)[C@@H](CCCNC(=N)N)NC(=O)[C@@H](CCCNC(=N)N)CC(=O)[C@@H](CCCNC(=N)N)NC(=O)[C@@H](CCCNC(=N)N)CC(C)=O)C(N)=O)C3=O)c3ccc(S(=O)(=O)O)cc3C2(C)C)C(C)(C)c2cc(C)ccc21. The van der Waals surface area contributed by atoms with Crippen LogP contribution in [0.5, 0.6) is 0 Å². The summed E-state index contributed by atoms with van der Waals surface area (Å²) >= 11 is 0.910. The van der Waals surface area contributed by atoms with Gasteiger partial charge in [-0.05, 0) is 186 Å². The summed E-state index contributed by atoms with van der Waals surface area (Å²) in [7, 11) is -4.53. The lowest BCUT2D eigenvalue weighted by molar-refractivity contribution is -0.433. The van der Waals surface area contributed by atoms with Gasteiger partial charge >= 0.3 is 0 Å². The molecule has 0 saturated carbocycles. The van der Waals surface area contributed by atoms with E-state index in [2.05, 4.69) is 131 Å². The number of guanidine groups is 8. The van der Waals surface area contributed by atoms with E-state index in [1.54, 1.807) is 6.07 Å². The summed E-state index contributed by atoms with van der Waals surface area (Å²) in [5.41, 5.74) is 57.0. The lowest BCUT2D eigenvalue weighted by Gasteiger charge is -2.27. The van der Waals surface area contributed by atoms with E-state index in [1.807, 2.05) is 38.2 Å². The number of nitrogens with zero attached hydrogens (tertiary/aromatic N) is 3. The van der Waals surface area contributed by atoms with Gasteiger partial charge in [-0.1, -0.05) is 50.1 Å². The monoisotopic (exact) mass is 2120 g/mol. The summed E-state index contributed by atoms with van der Waals surface area (Å²) in [5, 5.41) is 96.1. The molecule has 1 unspecified atom stereocenters. The number of likely N-dealkylation sites (tertiary alicyclic amines) is 1. The quantitative estimate of drug-likeness (QED) is 0.00810. The minimum atomic E-state index is -4.53. The Bertz CT molecular complexity index is 5350. The first kappa shape index (κ1) is 125. The highest BCUT2D eigenvalue weighted by Crippen LogP contribution is 2.49. The molecule has 2 aromatic rings. The van der Waals surface area contributed by atoms with Crippen molar-refractivity contribution in [3.63, 3.8) is 0 Å². The van der Waals surface area contributed by atoms with Gasteiger partial charge in [-0.2, -0.15) is 13.0 Å². The van der Waals surface area contributed by atoms with Crippen LogP contribution < -0.4 is 126 Å². The zero-order valence-corrected chi connectivity index (χ0v) is 88.3. The number of nitrogens with two attached hydrogens (primary N) is 9. The molecule has 0 spiro atoms. The second-order valence-corrected chi connectivity index (χ2v) is 41.3. The molecule has 1 fully saturated rings. The molecule has 0 aliphatic carbocycles. The molecule has 3 aliphatic heterocycles. The largest absolute Gasteiger partial charge is 0.370 e. The van der Waals surface area contributed by atoms with Crippen LogP contribution in [0, 0.1) is 79.8 Å². The Hall–Kier alpha value is -14.1. The number of rotatable bonds is 72. The smallest absolute Gasteiger partial charge is 0.294 e. The fourth-order valence-corrected chi connectivity index (χ4v) is 20.0. The van der Waals surface area contributed by atoms with E-state index < -0.39 is 200 Å². The Kier molecular flexibility index (Phi) is 52.9. The Morgan fingerprint density at radius 2 is 0.839 bits per heavy atom. The molecule has 51 heteroatoms. The van der Waals surface area contributed by atoms with Gasteiger partial charge in [-0.15, -0.1) is 11.8 Å². The van der Waals surface area contributed by atoms with E-state index in [1.165, 1.54) is 35.9 Å². The predicted molar refractivity (Wildman–Crippen MR) is 573 cm³/mol. The van der Waals surface area contributed by atoms with Gasteiger partial charge in [0, 0.05) is 181 Å². The lowest BCUT2D eigenvalue weighted by atomic mass is 9.81. The molecular weight excluding hydrogens is 1960 g/mol. The van der Waals surface area contributed by atoms with E-state index in [0.29, 0.717) is 37.8 Å². The number of aryl methyl sites for hydroxylation is 1. The predicted octanol–water partition coefficient (Wildman–Crippen LogP) is 0.397. The van der Waals surface area contributed by atoms with E-state index in [4.69, 9.17) is 94.9 Å². The number of allylic oxidation sites excluding steroid dienone is 6. The molecule has 149 heavy (non-hydrogen) atoms. The maximum absolute atomic E-state index is 15.2. The highest BCUT2D eigenvalue weighted by molar-refractivity contribution is 8.00. The zero-order chi connectivity index (χ0) is 111. The van der Waals surface area contributed by atoms with Gasteiger partial charge in [0.1, 0.15) is 12.3 Å². The van der Waals surface area contributed by atoms with Gasteiger partial charge in [-0.3, -0.25) is 110 Å². The van der Waals surface area contributed by atoms with Gasteiger partial charge in [-0.25, -0.2) is 0 Å². The standard InChI is InChI=1S/C98H159N33O16S2/c1-8-129-72-36-34-58(2)49-66(72)97(4,5)79(129)31-11-9-12-32-80-98(6,7)67-55-65(149(145,146)147)35-37-73(67)130(80)47-14-10-13-33-81(137)116-46-48-131-82(138)56-78(88(131)144)148-57-64(83(99)139)54-77(136)71(30-22-45-124-96(114)115)128-87(143)63(26-18-41-120-92(106)107)53-76(135)70(29-21-44-123-95(112)113)127-86(142)62(25-17-40-119-91(104)105)52-75(134)69(28-20-43-122-94(110)111)126-85(141)61(24-16-39-118-90(102)103)51-74(133)68(27-19-42-121-93(108)109)125-84(140)60(50-59(3)132)23-15-38-117-89(100)101/h9,11-12,31-32,34-37,49,55,60-64,68-71,78H,8,10,13-30,33,38-48,50-54,56-57H2,1-7H3,(H39-,99,100,101,102,103,104,105,106,107,108,109,110,111,112,113,114,115,116,117,118,119,120,121,122,123,124,125,126,127,128,137,139,140,141,142,143,145,146,147)/p+1/t60-,61-,62-,63-,64+,68+,69+,70+,71+,78?/m0/s1. The highest BCUT2D eigenvalue weighted by atomic mass is 32.2. The molecule has 5 rings (SSSR count). The number of thioether (sulfide) groups is 1. The fourth-order valence-electron chi connectivity index (χ4n) is 18.2. The Morgan fingerprint density at radius 3 is 1.21 bits per heavy atom. The number of unbranched alkanes of at least 4 members (excludes halogenated alkanes) is 2. The summed E-state index contributed by atoms with van der Waals surface area (Å²) in [6, 6.07) is 5.43. The van der Waals surface area contributed by atoms with Crippen molar-refractivity contribution in [3.05, 3.63) is 89.2 Å². The molecule has 3 heterocycles. The van der Waals surface area contributed by atoms with Crippen LogP contribution in [0.1, 0.15) is 225 Å². The van der Waals surface area contributed by atoms with Gasteiger partial charge in [0.05, 0.1) is 45.6 Å². The van der Waals surface area contributed by atoms with E-state index >= 15 is 24.0 Å². The van der Waals surface area contributed by atoms with Crippen LogP contribution in [0.25, 0.3) is 0 Å². The number of hydrogen-bond acceptors (Lipinski definition) is 25. The number of fused-ring (bicyclic) bond motifs is 2. The average Bonchev–Trinajstić information content (AvgIpc) is 1.59. The number of benzene rings is 2. The minimum Gasteiger partial charge on any atom is -0.370 e. The van der Waals surface area contributed by atoms with Crippen molar-refractivity contribution in [2.75, 3.05) is 89.2 Å². The van der Waals surface area contributed by atoms with Gasteiger partial charge < -0.3 is 130 Å². The van der Waals surface area contributed by atoms with Crippen molar-refractivity contribution in [1.29, 1.82) is 43.3 Å². The number of primary amides is 1. The number of carbonyl (C=O) groups excluding carboxylic acids is 13. The van der Waals surface area contributed by atoms with Crippen LogP contribution in [0.2, 0.25) is 0 Å². The Balaban J connectivity index is 1.34. The van der Waals surface area contributed by atoms with Crippen LogP contribution in [-0.4, -0.2) is 266 Å². The van der Waals surface area contributed by atoms with Crippen LogP contribution in [0.3, 0.4) is 0 Å². The second-order valence-electron chi connectivity index (χ2n) is 38.7. The number of anilines is 1. The third kappa shape index (κ3) is 43.7. The van der Waals surface area contributed by atoms with Crippen molar-refractivity contribution >= 4 is 163 Å². The maximum Gasteiger partial charge on any atom is 0.294 e. The Labute approximate surface area is 875 Å². The highest BCUT2D eigenvalue weighted by Gasteiger charge is 2.46. The van der Waals surface area contributed by atoms with Gasteiger partial charge in [0.25, 0.3) is 10.1 Å². The summed E-state index contributed by atoms with van der Waals surface area (Å²) < 4.78 is 37.2. The molecule has 1 saturated heterocycles. The topological polar surface area (TPSA) is 867 Å². The van der Waals surface area contributed by atoms with Crippen molar-refractivity contribution in [2.24, 2.45) is 81.2 Å². The number of nitrogens with one attached hydrogen (secondary N) is 21. The number of ketones is 5. The van der Waals surface area contributed by atoms with Crippen molar-refractivity contribution in [1.82, 2.24) is 74.0 Å². The third-order valence-electron chi connectivity index (χ3n) is 26.0. The normalized spacial score (nSPS) is 16.0. The zero-order valence-electron chi connectivity index (χ0n) is 86.6. The van der Waals surface area contributed by atoms with E-state index in [0.717, 1.165) is 40.3 Å². The average molecular weight is 2120 g/mol. The number of amides is 8. The molecule has 2 aromatic carbocycles. The van der Waals surface area contributed by atoms with Crippen LogP contribution in [0.4, 0.5) is 11.4 Å². The first-order valence-electron chi connectivity index (χ1n) is 50.5. The number of carbonyl (C=O) groups is 13. The minimum absolute atomic E-state index is 0.00224. The molecule has 49 nitrogen and oxygen atoms in total. The van der Waals surface area contributed by atoms with E-state index in [-0.39, 0.29) is 221 Å². The van der Waals surface area contributed by atoms with Gasteiger partial charge in [0.15, 0.2) is 76.5 Å². The molecular formula is C98H160N33O16S2+. The number of Topliss-reactive ketones (excluding diaryl/α,β-unsaturated/α-hetero) is 5. The Morgan fingerprint density at radius 1 is 0.456 bits per heavy atom. The van der Waals surface area contributed by atoms with E-state index in [9.17, 15) is 51.3 Å². The molecule has 40 N–H and O–H groups in total. The number of hydrogen-bond donors (Lipinski definition) is 31. The van der Waals surface area contributed by atoms with Crippen molar-refractivity contribution < 1.29 is 79.9 Å². The summed E-state index contributed by atoms with van der Waals surface area (Å²) in [6.07, 6.45) is 9.06. The van der Waals surface area contributed by atoms with Gasteiger partial charge in [0.2, 0.25) is 52.9 Å². The first-order chi connectivity index (χ1) is 70.3. The number of imide groups is 1. The molecule has 0 aromatic heterocycles. The van der Waals surface area contributed by atoms with Crippen LogP contribution in [0.15, 0.2) is 77.4 Å². The maximum atomic E-state index is 15.2. The molecule has 0 bridgehead atoms. The molecule has 3 aliphatic rings. The molecule has 824 valence electrons. The van der Waals surface area contributed by atoms with Crippen molar-refractivity contribution in [3.8, 4) is 0 Å². The second kappa shape index (κ2) is 62.9. The summed E-state index contributed by atoms with van der Waals surface area (Å²) in [5.74, 6) is -18.5. The molecule has 0 radical (unpaired) electrons. The van der Waals surface area contributed by atoms with Crippen molar-refractivity contribution in [2.45, 2.75) is 261 Å². The summed E-state index contributed by atoms with van der Waals surface area (Å²) in [4.78, 5) is 189.